The van der Waals surface area contributed by atoms with E-state index >= 15 is 0 Å². The van der Waals surface area contributed by atoms with E-state index in [4.69, 9.17) is 0 Å². The lowest BCUT2D eigenvalue weighted by Crippen LogP contribution is -2.17. The summed E-state index contributed by atoms with van der Waals surface area (Å²) in [6.45, 7) is 7.51. The first-order valence-electron chi connectivity index (χ1n) is 5.63. The number of hydrogen-bond acceptors (Lipinski definition) is 3. The molecule has 2 rings (SSSR count). The molecule has 1 unspecified atom stereocenters. The van der Waals surface area contributed by atoms with Crippen molar-refractivity contribution in [1.29, 1.82) is 0 Å². The van der Waals surface area contributed by atoms with Crippen LogP contribution in [-0.2, 0) is 0 Å². The molecule has 0 bridgehead atoms. The average Bonchev–Trinajstić information content (AvgIpc) is 2.72. The largest absolute Gasteiger partial charge is 0.384 e. The minimum Gasteiger partial charge on any atom is -0.384 e. The van der Waals surface area contributed by atoms with E-state index < -0.39 is 0 Å². The van der Waals surface area contributed by atoms with Gasteiger partial charge in [-0.05, 0) is 50.9 Å². The predicted molar refractivity (Wildman–Crippen MR) is 63.2 cm³/mol. The van der Waals surface area contributed by atoms with Gasteiger partial charge in [-0.15, -0.1) is 0 Å². The number of nitrogens with zero attached hydrogens (tertiary/aromatic N) is 1. The molecule has 1 fully saturated rings. The van der Waals surface area contributed by atoms with Gasteiger partial charge in [0, 0.05) is 24.1 Å². The zero-order valence-electron chi connectivity index (χ0n) is 9.51. The Hall–Kier alpha value is -1.09. The Bertz CT molecular complexity index is 330. The van der Waals surface area contributed by atoms with Crippen molar-refractivity contribution in [2.75, 3.05) is 25.0 Å². The zero-order chi connectivity index (χ0) is 10.7. The molecule has 2 N–H and O–H groups in total. The van der Waals surface area contributed by atoms with Gasteiger partial charge in [-0.2, -0.15) is 0 Å². The van der Waals surface area contributed by atoms with Crippen LogP contribution >= 0.6 is 0 Å². The van der Waals surface area contributed by atoms with Gasteiger partial charge in [0.2, 0.25) is 0 Å². The Labute approximate surface area is 91.3 Å². The van der Waals surface area contributed by atoms with Crippen molar-refractivity contribution in [3.05, 3.63) is 23.5 Å². The molecule has 0 saturated carbocycles. The summed E-state index contributed by atoms with van der Waals surface area (Å²) in [5.74, 6) is 0.776. The summed E-state index contributed by atoms with van der Waals surface area (Å²) >= 11 is 0. The molecule has 2 heterocycles. The normalized spacial score (nSPS) is 20.5. The van der Waals surface area contributed by atoms with Crippen molar-refractivity contribution >= 4 is 5.69 Å². The summed E-state index contributed by atoms with van der Waals surface area (Å²) in [5.41, 5.74) is 3.54. The standard InChI is InChI=1S/C12H19N3/c1-9-6-14-10(2)5-12(9)15-8-11-3-4-13-7-11/h5-6,11,13H,3-4,7-8H2,1-2H3,(H,14,15). The maximum absolute atomic E-state index is 4.27. The summed E-state index contributed by atoms with van der Waals surface area (Å²) < 4.78 is 0. The fraction of sp³-hybridized carbons (Fsp3) is 0.583. The van der Waals surface area contributed by atoms with E-state index in [0.717, 1.165) is 24.7 Å². The quantitative estimate of drug-likeness (QED) is 0.789. The van der Waals surface area contributed by atoms with Gasteiger partial charge in [0.15, 0.2) is 0 Å². The number of aromatic nitrogens is 1. The first kappa shape index (κ1) is 10.4. The number of aryl methyl sites for hydroxylation is 2. The van der Waals surface area contributed by atoms with Gasteiger partial charge in [-0.1, -0.05) is 0 Å². The fourth-order valence-corrected chi connectivity index (χ4v) is 1.96. The minimum absolute atomic E-state index is 0.776. The molecule has 1 aromatic rings. The number of nitrogens with one attached hydrogen (secondary N) is 2. The molecule has 0 amide bonds. The van der Waals surface area contributed by atoms with Crippen LogP contribution in [0, 0.1) is 19.8 Å². The van der Waals surface area contributed by atoms with Crippen LogP contribution in [0.3, 0.4) is 0 Å². The summed E-state index contributed by atoms with van der Waals surface area (Å²) in [6.07, 6.45) is 3.22. The number of rotatable bonds is 3. The van der Waals surface area contributed by atoms with Crippen LogP contribution in [0.1, 0.15) is 17.7 Å². The van der Waals surface area contributed by atoms with Crippen molar-refractivity contribution in [1.82, 2.24) is 10.3 Å². The molecule has 15 heavy (non-hydrogen) atoms. The third kappa shape index (κ3) is 2.69. The monoisotopic (exact) mass is 205 g/mol. The lowest BCUT2D eigenvalue weighted by molar-refractivity contribution is 0.615. The molecule has 1 aliphatic heterocycles. The lowest BCUT2D eigenvalue weighted by atomic mass is 10.1. The molecular formula is C12H19N3. The van der Waals surface area contributed by atoms with Gasteiger partial charge < -0.3 is 10.6 Å². The SMILES string of the molecule is Cc1cc(NCC2CCNC2)c(C)cn1. The van der Waals surface area contributed by atoms with E-state index in [1.165, 1.54) is 24.2 Å². The van der Waals surface area contributed by atoms with E-state index in [0.29, 0.717) is 0 Å². The highest BCUT2D eigenvalue weighted by Gasteiger charge is 2.13. The highest BCUT2D eigenvalue weighted by Crippen LogP contribution is 2.16. The topological polar surface area (TPSA) is 37.0 Å². The molecule has 1 atom stereocenters. The zero-order valence-corrected chi connectivity index (χ0v) is 9.51. The third-order valence-electron chi connectivity index (χ3n) is 2.98. The van der Waals surface area contributed by atoms with Gasteiger partial charge in [-0.25, -0.2) is 0 Å². The minimum atomic E-state index is 0.776. The van der Waals surface area contributed by atoms with Crippen LogP contribution in [-0.4, -0.2) is 24.6 Å². The van der Waals surface area contributed by atoms with E-state index in [9.17, 15) is 0 Å². The van der Waals surface area contributed by atoms with Gasteiger partial charge in [0.05, 0.1) is 0 Å². The Kier molecular flexibility index (Phi) is 3.21. The second-order valence-corrected chi connectivity index (χ2v) is 4.38. The molecule has 3 heteroatoms. The van der Waals surface area contributed by atoms with Crippen LogP contribution in [0.4, 0.5) is 5.69 Å². The molecular weight excluding hydrogens is 186 g/mol. The van der Waals surface area contributed by atoms with E-state index in [1.54, 1.807) is 0 Å². The number of hydrogen-bond donors (Lipinski definition) is 2. The Balaban J connectivity index is 1.94. The second kappa shape index (κ2) is 4.62. The highest BCUT2D eigenvalue weighted by molar-refractivity contribution is 5.50. The van der Waals surface area contributed by atoms with E-state index in [1.807, 2.05) is 13.1 Å². The first-order valence-corrected chi connectivity index (χ1v) is 5.63. The smallest absolute Gasteiger partial charge is 0.0403 e. The number of pyridine rings is 1. The van der Waals surface area contributed by atoms with Crippen LogP contribution in [0.2, 0.25) is 0 Å². The summed E-state index contributed by atoms with van der Waals surface area (Å²) in [7, 11) is 0. The van der Waals surface area contributed by atoms with Crippen molar-refractivity contribution in [3.63, 3.8) is 0 Å². The lowest BCUT2D eigenvalue weighted by Gasteiger charge is -2.13. The van der Waals surface area contributed by atoms with Crippen LogP contribution in [0.5, 0.6) is 0 Å². The third-order valence-corrected chi connectivity index (χ3v) is 2.98. The van der Waals surface area contributed by atoms with Gasteiger partial charge in [0.1, 0.15) is 0 Å². The number of anilines is 1. The Morgan fingerprint density at radius 2 is 2.40 bits per heavy atom. The molecule has 0 aromatic carbocycles. The molecule has 1 aromatic heterocycles. The van der Waals surface area contributed by atoms with Crippen molar-refractivity contribution < 1.29 is 0 Å². The van der Waals surface area contributed by atoms with Crippen LogP contribution in [0.15, 0.2) is 12.3 Å². The summed E-state index contributed by atoms with van der Waals surface area (Å²) in [6, 6.07) is 2.12. The Morgan fingerprint density at radius 3 is 3.13 bits per heavy atom. The molecule has 1 aliphatic rings. The fourth-order valence-electron chi connectivity index (χ4n) is 1.96. The van der Waals surface area contributed by atoms with Crippen LogP contribution < -0.4 is 10.6 Å². The molecule has 82 valence electrons. The van der Waals surface area contributed by atoms with Crippen LogP contribution in [0.25, 0.3) is 0 Å². The maximum atomic E-state index is 4.27. The average molecular weight is 205 g/mol. The maximum Gasteiger partial charge on any atom is 0.0403 e. The molecule has 3 nitrogen and oxygen atoms in total. The summed E-state index contributed by atoms with van der Waals surface area (Å²) in [5, 5.41) is 6.90. The molecule has 1 saturated heterocycles. The highest BCUT2D eigenvalue weighted by atomic mass is 14.9. The Morgan fingerprint density at radius 1 is 1.53 bits per heavy atom. The summed E-state index contributed by atoms with van der Waals surface area (Å²) in [4.78, 5) is 4.27. The first-order chi connectivity index (χ1) is 7.25. The van der Waals surface area contributed by atoms with Gasteiger partial charge in [0.25, 0.3) is 0 Å². The van der Waals surface area contributed by atoms with Crippen molar-refractivity contribution in [2.24, 2.45) is 5.92 Å². The van der Waals surface area contributed by atoms with E-state index in [-0.39, 0.29) is 0 Å². The van der Waals surface area contributed by atoms with E-state index in [2.05, 4.69) is 28.6 Å². The molecule has 0 aliphatic carbocycles. The molecule has 0 radical (unpaired) electrons. The molecule has 0 spiro atoms. The van der Waals surface area contributed by atoms with Gasteiger partial charge in [-0.3, -0.25) is 4.98 Å². The van der Waals surface area contributed by atoms with Gasteiger partial charge >= 0.3 is 0 Å². The van der Waals surface area contributed by atoms with Crippen molar-refractivity contribution in [3.8, 4) is 0 Å². The van der Waals surface area contributed by atoms with Crippen molar-refractivity contribution in [2.45, 2.75) is 20.3 Å². The predicted octanol–water partition coefficient (Wildman–Crippen LogP) is 1.72. The second-order valence-electron chi connectivity index (χ2n) is 4.38.